The maximum Gasteiger partial charge on any atom is 0.433 e. The van der Waals surface area contributed by atoms with E-state index >= 15 is 0 Å². The number of benzene rings is 1. The van der Waals surface area contributed by atoms with Crippen LogP contribution in [0.5, 0.6) is 0 Å². The fourth-order valence-corrected chi connectivity index (χ4v) is 2.65. The summed E-state index contributed by atoms with van der Waals surface area (Å²) >= 11 is 0. The zero-order valence-corrected chi connectivity index (χ0v) is 13.4. The van der Waals surface area contributed by atoms with Gasteiger partial charge in [0.2, 0.25) is 5.95 Å². The zero-order chi connectivity index (χ0) is 17.2. The number of hydrogen-bond donors (Lipinski definition) is 1. The van der Waals surface area contributed by atoms with E-state index in [1.54, 1.807) is 4.90 Å². The average molecular weight is 336 g/mol. The standard InChI is InChI=1S/C17H19F3N4/c1-2-12-3-5-13(6-4-12)14-11-15(17(18,19)20)23-16(22-14)24-9-7-21-8-10-24/h3-6,11,21H,2,7-10H2,1H3. The summed E-state index contributed by atoms with van der Waals surface area (Å²) in [5.74, 6) is 0.140. The van der Waals surface area contributed by atoms with Crippen molar-refractivity contribution in [1.29, 1.82) is 0 Å². The summed E-state index contributed by atoms with van der Waals surface area (Å²) in [6, 6.07) is 8.46. The Bertz CT molecular complexity index is 692. The van der Waals surface area contributed by atoms with E-state index in [4.69, 9.17) is 0 Å². The lowest BCUT2D eigenvalue weighted by atomic mass is 10.1. The minimum atomic E-state index is -4.50. The van der Waals surface area contributed by atoms with E-state index in [0.717, 1.165) is 18.1 Å². The summed E-state index contributed by atoms with van der Waals surface area (Å²) in [5.41, 5.74) is 1.19. The molecule has 1 aliphatic rings. The highest BCUT2D eigenvalue weighted by atomic mass is 19.4. The lowest BCUT2D eigenvalue weighted by Crippen LogP contribution is -2.44. The Morgan fingerprint density at radius 3 is 2.33 bits per heavy atom. The van der Waals surface area contributed by atoms with Crippen LogP contribution in [0.4, 0.5) is 19.1 Å². The minimum Gasteiger partial charge on any atom is -0.338 e. The van der Waals surface area contributed by atoms with Gasteiger partial charge in [0.15, 0.2) is 5.69 Å². The number of rotatable bonds is 3. The van der Waals surface area contributed by atoms with Crippen LogP contribution in [-0.4, -0.2) is 36.1 Å². The Morgan fingerprint density at radius 2 is 1.75 bits per heavy atom. The molecule has 1 N–H and O–H groups in total. The number of piperazine rings is 1. The number of nitrogens with zero attached hydrogens (tertiary/aromatic N) is 3. The van der Waals surface area contributed by atoms with Crippen LogP contribution in [0.2, 0.25) is 0 Å². The molecule has 1 fully saturated rings. The van der Waals surface area contributed by atoms with E-state index in [1.807, 2.05) is 31.2 Å². The molecule has 0 amide bonds. The van der Waals surface area contributed by atoms with E-state index in [-0.39, 0.29) is 5.95 Å². The van der Waals surface area contributed by atoms with Gasteiger partial charge in [-0.1, -0.05) is 31.2 Å². The second-order valence-corrected chi connectivity index (χ2v) is 5.72. The van der Waals surface area contributed by atoms with E-state index in [2.05, 4.69) is 15.3 Å². The van der Waals surface area contributed by atoms with Crippen LogP contribution in [0.1, 0.15) is 18.2 Å². The summed E-state index contributed by atoms with van der Waals surface area (Å²) in [6.45, 7) is 4.63. The zero-order valence-electron chi connectivity index (χ0n) is 13.4. The van der Waals surface area contributed by atoms with Crippen LogP contribution < -0.4 is 10.2 Å². The van der Waals surface area contributed by atoms with Crippen molar-refractivity contribution in [3.05, 3.63) is 41.6 Å². The fourth-order valence-electron chi connectivity index (χ4n) is 2.65. The number of aryl methyl sites for hydroxylation is 1. The summed E-state index contributed by atoms with van der Waals surface area (Å²) in [7, 11) is 0. The maximum absolute atomic E-state index is 13.2. The second-order valence-electron chi connectivity index (χ2n) is 5.72. The first kappa shape index (κ1) is 16.7. The monoisotopic (exact) mass is 336 g/mol. The van der Waals surface area contributed by atoms with Gasteiger partial charge in [0.1, 0.15) is 0 Å². The summed E-state index contributed by atoms with van der Waals surface area (Å²) in [4.78, 5) is 9.92. The van der Waals surface area contributed by atoms with Crippen LogP contribution in [0.25, 0.3) is 11.3 Å². The smallest absolute Gasteiger partial charge is 0.338 e. The summed E-state index contributed by atoms with van der Waals surface area (Å²) in [6.07, 6.45) is -3.62. The van der Waals surface area contributed by atoms with Crippen molar-refractivity contribution in [3.63, 3.8) is 0 Å². The summed E-state index contributed by atoms with van der Waals surface area (Å²) in [5, 5.41) is 3.17. The molecule has 3 rings (SSSR count). The molecule has 2 aromatic rings. The van der Waals surface area contributed by atoms with Crippen LogP contribution in [0, 0.1) is 0 Å². The van der Waals surface area contributed by atoms with E-state index in [1.165, 1.54) is 0 Å². The molecule has 1 aliphatic heterocycles. The lowest BCUT2D eigenvalue weighted by molar-refractivity contribution is -0.141. The molecule has 4 nitrogen and oxygen atoms in total. The van der Waals surface area contributed by atoms with E-state index < -0.39 is 11.9 Å². The Balaban J connectivity index is 2.03. The predicted octanol–water partition coefficient (Wildman–Crippen LogP) is 3.13. The van der Waals surface area contributed by atoms with Gasteiger partial charge in [-0.2, -0.15) is 13.2 Å². The molecule has 0 atom stereocenters. The Hall–Kier alpha value is -2.15. The van der Waals surface area contributed by atoms with Gasteiger partial charge in [-0.15, -0.1) is 0 Å². The molecule has 0 bridgehead atoms. The average Bonchev–Trinajstić information content (AvgIpc) is 2.61. The topological polar surface area (TPSA) is 41.1 Å². The molecule has 1 saturated heterocycles. The first-order valence-electron chi connectivity index (χ1n) is 7.98. The highest BCUT2D eigenvalue weighted by Crippen LogP contribution is 2.32. The fraction of sp³-hybridized carbons (Fsp3) is 0.412. The van der Waals surface area contributed by atoms with Gasteiger partial charge in [-0.25, -0.2) is 9.97 Å². The van der Waals surface area contributed by atoms with E-state index in [9.17, 15) is 13.2 Å². The van der Waals surface area contributed by atoms with Crippen molar-refractivity contribution in [2.75, 3.05) is 31.1 Å². The SMILES string of the molecule is CCc1ccc(-c2cc(C(F)(F)F)nc(N3CCNCC3)n2)cc1. The van der Waals surface area contributed by atoms with Crippen molar-refractivity contribution < 1.29 is 13.2 Å². The van der Waals surface area contributed by atoms with Gasteiger partial charge in [0.25, 0.3) is 0 Å². The number of nitrogens with one attached hydrogen (secondary N) is 1. The van der Waals surface area contributed by atoms with Gasteiger partial charge in [0.05, 0.1) is 5.69 Å². The third kappa shape index (κ3) is 3.67. The van der Waals surface area contributed by atoms with Gasteiger partial charge in [-0.3, -0.25) is 0 Å². The molecule has 128 valence electrons. The Morgan fingerprint density at radius 1 is 1.08 bits per heavy atom. The molecule has 7 heteroatoms. The minimum absolute atomic E-state index is 0.140. The second kappa shape index (κ2) is 6.76. The number of alkyl halides is 3. The van der Waals surface area contributed by atoms with Crippen LogP contribution in [-0.2, 0) is 12.6 Å². The van der Waals surface area contributed by atoms with Gasteiger partial charge in [-0.05, 0) is 18.1 Å². The van der Waals surface area contributed by atoms with Gasteiger partial charge >= 0.3 is 6.18 Å². The molecule has 0 aliphatic carbocycles. The van der Waals surface area contributed by atoms with Crippen molar-refractivity contribution >= 4 is 5.95 Å². The van der Waals surface area contributed by atoms with Crippen LogP contribution in [0.3, 0.4) is 0 Å². The van der Waals surface area contributed by atoms with Gasteiger partial charge < -0.3 is 10.2 Å². The highest BCUT2D eigenvalue weighted by molar-refractivity contribution is 5.61. The number of anilines is 1. The third-order valence-corrected chi connectivity index (χ3v) is 4.06. The first-order chi connectivity index (χ1) is 11.5. The Labute approximate surface area is 138 Å². The third-order valence-electron chi connectivity index (χ3n) is 4.06. The molecular weight excluding hydrogens is 317 g/mol. The van der Waals surface area contributed by atoms with Crippen LogP contribution >= 0.6 is 0 Å². The molecule has 0 spiro atoms. The van der Waals surface area contributed by atoms with Crippen molar-refractivity contribution in [3.8, 4) is 11.3 Å². The molecule has 1 aromatic heterocycles. The van der Waals surface area contributed by atoms with Crippen molar-refractivity contribution in [2.24, 2.45) is 0 Å². The van der Waals surface area contributed by atoms with Gasteiger partial charge in [0, 0.05) is 31.7 Å². The van der Waals surface area contributed by atoms with Crippen molar-refractivity contribution in [1.82, 2.24) is 15.3 Å². The predicted molar refractivity (Wildman–Crippen MR) is 86.9 cm³/mol. The normalized spacial score (nSPS) is 15.6. The molecule has 1 aromatic carbocycles. The quantitative estimate of drug-likeness (QED) is 0.935. The van der Waals surface area contributed by atoms with E-state index in [0.29, 0.717) is 37.4 Å². The Kier molecular flexibility index (Phi) is 4.71. The maximum atomic E-state index is 13.2. The molecule has 0 unspecified atom stereocenters. The largest absolute Gasteiger partial charge is 0.433 e. The number of hydrogen-bond acceptors (Lipinski definition) is 4. The molecule has 24 heavy (non-hydrogen) atoms. The molecule has 0 radical (unpaired) electrons. The molecular formula is C17H19F3N4. The molecule has 2 heterocycles. The lowest BCUT2D eigenvalue weighted by Gasteiger charge is -2.28. The first-order valence-corrected chi connectivity index (χ1v) is 7.98. The number of aromatic nitrogens is 2. The highest BCUT2D eigenvalue weighted by Gasteiger charge is 2.34. The van der Waals surface area contributed by atoms with Crippen LogP contribution in [0.15, 0.2) is 30.3 Å². The molecule has 0 saturated carbocycles. The van der Waals surface area contributed by atoms with Crippen molar-refractivity contribution in [2.45, 2.75) is 19.5 Å². The number of halogens is 3. The summed E-state index contributed by atoms with van der Waals surface area (Å²) < 4.78 is 39.7.